The van der Waals surface area contributed by atoms with Gasteiger partial charge in [0.25, 0.3) is 0 Å². The van der Waals surface area contributed by atoms with Gasteiger partial charge in [0.1, 0.15) is 0 Å². The van der Waals surface area contributed by atoms with Crippen LogP contribution in [-0.2, 0) is 16.0 Å². The number of methoxy groups -OCH3 is 2. The van der Waals surface area contributed by atoms with Crippen LogP contribution in [0.4, 0.5) is 5.69 Å². The topological polar surface area (TPSA) is 67.9 Å². The highest BCUT2D eigenvalue weighted by molar-refractivity contribution is 5.97. The van der Waals surface area contributed by atoms with Crippen LogP contribution < -0.4 is 19.7 Å². The molecule has 6 nitrogen and oxygen atoms in total. The van der Waals surface area contributed by atoms with Crippen LogP contribution >= 0.6 is 0 Å². The molecule has 1 fully saturated rings. The lowest BCUT2D eigenvalue weighted by molar-refractivity contribution is -0.121. The molecular weight excluding hydrogens is 332 g/mol. The summed E-state index contributed by atoms with van der Waals surface area (Å²) in [5.41, 5.74) is 1.68. The van der Waals surface area contributed by atoms with Gasteiger partial charge in [0, 0.05) is 24.7 Å². The first-order valence-electron chi connectivity index (χ1n) is 8.46. The first-order valence-corrected chi connectivity index (χ1v) is 8.46. The second-order valence-electron chi connectivity index (χ2n) is 6.17. The Morgan fingerprint density at radius 1 is 1.12 bits per heavy atom. The molecule has 0 saturated carbocycles. The quantitative estimate of drug-likeness (QED) is 0.863. The third-order valence-corrected chi connectivity index (χ3v) is 4.38. The number of carbonyl (C=O) groups excluding carboxylic acids is 2. The van der Waals surface area contributed by atoms with E-state index in [0.29, 0.717) is 24.5 Å². The van der Waals surface area contributed by atoms with Crippen molar-refractivity contribution < 1.29 is 19.1 Å². The molecule has 1 N–H and O–H groups in total. The minimum Gasteiger partial charge on any atom is -0.493 e. The Morgan fingerprint density at radius 3 is 2.54 bits per heavy atom. The summed E-state index contributed by atoms with van der Waals surface area (Å²) < 4.78 is 10.5. The first-order chi connectivity index (χ1) is 12.6. The molecule has 1 heterocycles. The maximum absolute atomic E-state index is 12.4. The number of ether oxygens (including phenoxy) is 2. The van der Waals surface area contributed by atoms with E-state index in [2.05, 4.69) is 5.32 Å². The summed E-state index contributed by atoms with van der Waals surface area (Å²) in [6, 6.07) is 14.7. The third-order valence-electron chi connectivity index (χ3n) is 4.38. The van der Waals surface area contributed by atoms with Gasteiger partial charge in [-0.15, -0.1) is 0 Å². The number of benzene rings is 2. The van der Waals surface area contributed by atoms with Crippen LogP contribution in [0.1, 0.15) is 12.0 Å². The third kappa shape index (κ3) is 3.96. The number of hydrogen-bond acceptors (Lipinski definition) is 4. The zero-order chi connectivity index (χ0) is 18.5. The van der Waals surface area contributed by atoms with Crippen LogP contribution in [0.15, 0.2) is 48.5 Å². The van der Waals surface area contributed by atoms with Gasteiger partial charge in [-0.1, -0.05) is 30.3 Å². The molecule has 2 aromatic rings. The minimum absolute atomic E-state index is 0.0257. The molecule has 0 aliphatic carbocycles. The zero-order valence-electron chi connectivity index (χ0n) is 14.9. The number of nitrogens with zero attached hydrogens (tertiary/aromatic N) is 1. The van der Waals surface area contributed by atoms with Crippen molar-refractivity contribution in [3.63, 3.8) is 0 Å². The second kappa shape index (κ2) is 7.91. The van der Waals surface area contributed by atoms with E-state index in [0.717, 1.165) is 11.3 Å². The average molecular weight is 354 g/mol. The van der Waals surface area contributed by atoms with Crippen molar-refractivity contribution in [3.8, 4) is 11.5 Å². The number of amides is 2. The molecule has 2 amide bonds. The van der Waals surface area contributed by atoms with Crippen molar-refractivity contribution in [1.29, 1.82) is 0 Å². The van der Waals surface area contributed by atoms with E-state index < -0.39 is 0 Å². The zero-order valence-corrected chi connectivity index (χ0v) is 14.9. The molecule has 0 aromatic heterocycles. The first kappa shape index (κ1) is 17.8. The predicted octanol–water partition coefficient (Wildman–Crippen LogP) is 2.17. The van der Waals surface area contributed by atoms with Crippen LogP contribution in [0, 0.1) is 0 Å². The van der Waals surface area contributed by atoms with Crippen molar-refractivity contribution in [3.05, 3.63) is 54.1 Å². The van der Waals surface area contributed by atoms with Crippen LogP contribution in [0.5, 0.6) is 11.5 Å². The predicted molar refractivity (Wildman–Crippen MR) is 98.6 cm³/mol. The number of anilines is 1. The molecule has 2 aromatic carbocycles. The molecule has 26 heavy (non-hydrogen) atoms. The van der Waals surface area contributed by atoms with Crippen molar-refractivity contribution in [2.24, 2.45) is 0 Å². The van der Waals surface area contributed by atoms with Gasteiger partial charge in [-0.25, -0.2) is 0 Å². The Balaban J connectivity index is 1.64. The number of hydrogen-bond donors (Lipinski definition) is 1. The Morgan fingerprint density at radius 2 is 1.85 bits per heavy atom. The normalized spacial score (nSPS) is 16.5. The summed E-state index contributed by atoms with van der Waals surface area (Å²) in [7, 11) is 3.12. The molecular formula is C20H22N2O4. The molecule has 136 valence electrons. The van der Waals surface area contributed by atoms with Gasteiger partial charge in [0.05, 0.1) is 26.7 Å². The standard InChI is InChI=1S/C20H22N2O4/c1-25-17-9-8-16(12-18(17)26-2)22-13-15(11-20(22)24)21-19(23)10-14-6-4-3-5-7-14/h3-9,12,15H,10-11,13H2,1-2H3,(H,21,23). The molecule has 6 heteroatoms. The molecule has 0 radical (unpaired) electrons. The van der Waals surface area contributed by atoms with Crippen molar-refractivity contribution in [2.45, 2.75) is 18.9 Å². The summed E-state index contributed by atoms with van der Waals surface area (Å²) in [5.74, 6) is 1.07. The number of nitrogens with one attached hydrogen (secondary N) is 1. The Labute approximate surface area is 152 Å². The lowest BCUT2D eigenvalue weighted by atomic mass is 10.1. The van der Waals surface area contributed by atoms with E-state index in [-0.39, 0.29) is 24.3 Å². The summed E-state index contributed by atoms with van der Waals surface area (Å²) in [6.07, 6.45) is 0.594. The van der Waals surface area contributed by atoms with E-state index in [9.17, 15) is 9.59 Å². The minimum atomic E-state index is -0.202. The lowest BCUT2D eigenvalue weighted by Gasteiger charge is -2.19. The number of carbonyl (C=O) groups is 2. The fourth-order valence-electron chi connectivity index (χ4n) is 3.11. The van der Waals surface area contributed by atoms with Crippen molar-refractivity contribution in [1.82, 2.24) is 5.32 Å². The Hall–Kier alpha value is -3.02. The fourth-order valence-corrected chi connectivity index (χ4v) is 3.11. The summed E-state index contributed by atoms with van der Waals surface area (Å²) in [6.45, 7) is 0.439. The monoisotopic (exact) mass is 354 g/mol. The SMILES string of the molecule is COc1ccc(N2CC(NC(=O)Cc3ccccc3)CC2=O)cc1OC. The van der Waals surface area contributed by atoms with Crippen LogP contribution in [0.3, 0.4) is 0 Å². The van der Waals surface area contributed by atoms with Crippen LogP contribution in [0.25, 0.3) is 0 Å². The van der Waals surface area contributed by atoms with E-state index in [1.807, 2.05) is 36.4 Å². The number of rotatable bonds is 6. The molecule has 0 spiro atoms. The Bertz CT molecular complexity index is 792. The molecule has 1 atom stereocenters. The average Bonchev–Trinajstić information content (AvgIpc) is 3.01. The molecule has 1 aliphatic rings. The van der Waals surface area contributed by atoms with Gasteiger partial charge in [-0.3, -0.25) is 9.59 Å². The largest absolute Gasteiger partial charge is 0.493 e. The molecule has 1 aliphatic heterocycles. The lowest BCUT2D eigenvalue weighted by Crippen LogP contribution is -2.38. The van der Waals surface area contributed by atoms with Crippen LogP contribution in [-0.4, -0.2) is 38.6 Å². The van der Waals surface area contributed by atoms with Gasteiger partial charge in [-0.05, 0) is 17.7 Å². The van der Waals surface area contributed by atoms with Crippen molar-refractivity contribution in [2.75, 3.05) is 25.7 Å². The second-order valence-corrected chi connectivity index (χ2v) is 6.17. The highest BCUT2D eigenvalue weighted by atomic mass is 16.5. The molecule has 1 saturated heterocycles. The maximum atomic E-state index is 12.4. The Kier molecular flexibility index (Phi) is 5.41. The van der Waals surface area contributed by atoms with Crippen LogP contribution in [0.2, 0.25) is 0 Å². The molecule has 1 unspecified atom stereocenters. The van der Waals surface area contributed by atoms with E-state index in [1.165, 1.54) is 0 Å². The maximum Gasteiger partial charge on any atom is 0.229 e. The highest BCUT2D eigenvalue weighted by Crippen LogP contribution is 2.33. The van der Waals surface area contributed by atoms with E-state index in [4.69, 9.17) is 9.47 Å². The highest BCUT2D eigenvalue weighted by Gasteiger charge is 2.32. The van der Waals surface area contributed by atoms with Gasteiger partial charge < -0.3 is 19.7 Å². The van der Waals surface area contributed by atoms with Gasteiger partial charge in [0.2, 0.25) is 11.8 Å². The van der Waals surface area contributed by atoms with Gasteiger partial charge >= 0.3 is 0 Å². The van der Waals surface area contributed by atoms with Crippen molar-refractivity contribution >= 4 is 17.5 Å². The van der Waals surface area contributed by atoms with Gasteiger partial charge in [-0.2, -0.15) is 0 Å². The fraction of sp³-hybridized carbons (Fsp3) is 0.300. The summed E-state index contributed by atoms with van der Waals surface area (Å²) >= 11 is 0. The molecule has 3 rings (SSSR count). The smallest absolute Gasteiger partial charge is 0.229 e. The van der Waals surface area contributed by atoms with Gasteiger partial charge in [0.15, 0.2) is 11.5 Å². The van der Waals surface area contributed by atoms with E-state index in [1.54, 1.807) is 31.3 Å². The van der Waals surface area contributed by atoms with E-state index >= 15 is 0 Å². The summed E-state index contributed by atoms with van der Waals surface area (Å²) in [5, 5.41) is 2.95. The summed E-state index contributed by atoms with van der Waals surface area (Å²) in [4.78, 5) is 26.3. The molecule has 0 bridgehead atoms.